The summed E-state index contributed by atoms with van der Waals surface area (Å²) in [5, 5.41) is 0. The van der Waals surface area contributed by atoms with Crippen molar-refractivity contribution in [3.05, 3.63) is 29.3 Å². The molecule has 0 aromatic heterocycles. The van der Waals surface area contributed by atoms with Crippen LogP contribution < -0.4 is 5.73 Å². The number of carbonyl (C=O) groups is 1. The molecule has 0 bridgehead atoms. The first-order valence-electron chi connectivity index (χ1n) is 6.45. The minimum Gasteiger partial charge on any atom is -0.458 e. The summed E-state index contributed by atoms with van der Waals surface area (Å²) in [6.07, 6.45) is 3.47. The van der Waals surface area contributed by atoms with E-state index in [-0.39, 0.29) is 17.7 Å². The van der Waals surface area contributed by atoms with Gasteiger partial charge < -0.3 is 10.5 Å². The number of rotatable bonds is 2. The lowest BCUT2D eigenvalue weighted by Crippen LogP contribution is -2.29. The van der Waals surface area contributed by atoms with E-state index in [1.54, 1.807) is 0 Å². The van der Waals surface area contributed by atoms with Gasteiger partial charge in [-0.3, -0.25) is 0 Å². The standard InChI is InChI=1S/C14H17F2NO2/c1-8-4-2-3-5-11(8)19-14(18)12-9(15)6-7-10(17)13(12)16/h6-8,11H,2-5,17H2,1H3. The van der Waals surface area contributed by atoms with Gasteiger partial charge in [0, 0.05) is 0 Å². The normalized spacial score (nSPS) is 23.1. The lowest BCUT2D eigenvalue weighted by Gasteiger charge is -2.28. The van der Waals surface area contributed by atoms with Gasteiger partial charge >= 0.3 is 5.97 Å². The van der Waals surface area contributed by atoms with Crippen LogP contribution in [0.2, 0.25) is 0 Å². The molecule has 0 saturated heterocycles. The molecule has 2 rings (SSSR count). The zero-order valence-corrected chi connectivity index (χ0v) is 10.8. The zero-order valence-electron chi connectivity index (χ0n) is 10.8. The second-order valence-corrected chi connectivity index (χ2v) is 5.03. The maximum Gasteiger partial charge on any atom is 0.344 e. The van der Waals surface area contributed by atoms with E-state index < -0.39 is 23.2 Å². The van der Waals surface area contributed by atoms with E-state index >= 15 is 0 Å². The molecule has 104 valence electrons. The minimum absolute atomic E-state index is 0.213. The van der Waals surface area contributed by atoms with Crippen LogP contribution in [0.3, 0.4) is 0 Å². The molecule has 1 aliphatic rings. The molecule has 2 atom stereocenters. The summed E-state index contributed by atoms with van der Waals surface area (Å²) >= 11 is 0. The molecule has 0 amide bonds. The number of hydrogen-bond donors (Lipinski definition) is 1. The first kappa shape index (κ1) is 13.8. The molecular weight excluding hydrogens is 252 g/mol. The number of ether oxygens (including phenoxy) is 1. The van der Waals surface area contributed by atoms with Crippen LogP contribution in [0.4, 0.5) is 14.5 Å². The Morgan fingerprint density at radius 3 is 2.68 bits per heavy atom. The van der Waals surface area contributed by atoms with Crippen LogP contribution >= 0.6 is 0 Å². The Morgan fingerprint density at radius 2 is 2.00 bits per heavy atom. The molecule has 1 saturated carbocycles. The van der Waals surface area contributed by atoms with Crippen LogP contribution in [0.5, 0.6) is 0 Å². The third-order valence-corrected chi connectivity index (χ3v) is 3.62. The number of anilines is 1. The van der Waals surface area contributed by atoms with Gasteiger partial charge in [0.15, 0.2) is 5.82 Å². The Kier molecular flexibility index (Phi) is 4.02. The predicted octanol–water partition coefficient (Wildman–Crippen LogP) is 3.28. The number of halogens is 2. The number of nitrogen functional groups attached to an aromatic ring is 1. The Morgan fingerprint density at radius 1 is 1.32 bits per heavy atom. The summed E-state index contributed by atoms with van der Waals surface area (Å²) in [4.78, 5) is 11.9. The Hall–Kier alpha value is -1.65. The number of carbonyl (C=O) groups excluding carboxylic acids is 1. The monoisotopic (exact) mass is 269 g/mol. The maximum absolute atomic E-state index is 13.7. The van der Waals surface area contributed by atoms with Crippen molar-refractivity contribution < 1.29 is 18.3 Å². The quantitative estimate of drug-likeness (QED) is 0.662. The lowest BCUT2D eigenvalue weighted by atomic mass is 9.88. The number of esters is 1. The van der Waals surface area contributed by atoms with E-state index in [0.717, 1.165) is 37.8 Å². The summed E-state index contributed by atoms with van der Waals surface area (Å²) in [5.74, 6) is -2.75. The van der Waals surface area contributed by atoms with Gasteiger partial charge in [0.05, 0.1) is 5.69 Å². The average molecular weight is 269 g/mol. The van der Waals surface area contributed by atoms with Crippen molar-refractivity contribution in [2.45, 2.75) is 38.7 Å². The zero-order chi connectivity index (χ0) is 14.0. The highest BCUT2D eigenvalue weighted by Gasteiger charge is 2.28. The molecule has 0 aliphatic heterocycles. The molecule has 1 fully saturated rings. The first-order chi connectivity index (χ1) is 9.00. The van der Waals surface area contributed by atoms with Crippen LogP contribution in [0.1, 0.15) is 43.0 Å². The van der Waals surface area contributed by atoms with Gasteiger partial charge in [0.2, 0.25) is 0 Å². The molecule has 5 heteroatoms. The van der Waals surface area contributed by atoms with E-state index in [4.69, 9.17) is 10.5 Å². The fourth-order valence-corrected chi connectivity index (χ4v) is 2.41. The van der Waals surface area contributed by atoms with Gasteiger partial charge in [-0.2, -0.15) is 0 Å². The van der Waals surface area contributed by atoms with Crippen molar-refractivity contribution in [1.29, 1.82) is 0 Å². The fourth-order valence-electron chi connectivity index (χ4n) is 2.41. The van der Waals surface area contributed by atoms with Crippen LogP contribution in [-0.4, -0.2) is 12.1 Å². The molecule has 3 nitrogen and oxygen atoms in total. The van der Waals surface area contributed by atoms with Crippen LogP contribution in [0.25, 0.3) is 0 Å². The van der Waals surface area contributed by atoms with Crippen molar-refractivity contribution in [3.63, 3.8) is 0 Å². The van der Waals surface area contributed by atoms with Crippen LogP contribution in [0, 0.1) is 17.6 Å². The highest BCUT2D eigenvalue weighted by Crippen LogP contribution is 2.28. The highest BCUT2D eigenvalue weighted by molar-refractivity contribution is 5.91. The van der Waals surface area contributed by atoms with Gasteiger partial charge in [0.25, 0.3) is 0 Å². The fraction of sp³-hybridized carbons (Fsp3) is 0.500. The smallest absolute Gasteiger partial charge is 0.344 e. The molecule has 0 heterocycles. The van der Waals surface area contributed by atoms with Crippen molar-refractivity contribution in [2.75, 3.05) is 5.73 Å². The van der Waals surface area contributed by atoms with E-state index in [1.807, 2.05) is 6.92 Å². The third kappa shape index (κ3) is 2.85. The number of benzene rings is 1. The number of nitrogens with two attached hydrogens (primary N) is 1. The van der Waals surface area contributed by atoms with Crippen molar-refractivity contribution in [3.8, 4) is 0 Å². The van der Waals surface area contributed by atoms with Crippen LogP contribution in [-0.2, 0) is 4.74 Å². The molecule has 1 aliphatic carbocycles. The second kappa shape index (κ2) is 5.55. The number of hydrogen-bond acceptors (Lipinski definition) is 3. The Balaban J connectivity index is 2.18. The van der Waals surface area contributed by atoms with Crippen molar-refractivity contribution in [1.82, 2.24) is 0 Å². The third-order valence-electron chi connectivity index (χ3n) is 3.62. The largest absolute Gasteiger partial charge is 0.458 e. The van der Waals surface area contributed by atoms with Crippen molar-refractivity contribution in [2.24, 2.45) is 5.92 Å². The SMILES string of the molecule is CC1CCCCC1OC(=O)c1c(F)ccc(N)c1F. The Bertz CT molecular complexity index is 491. The summed E-state index contributed by atoms with van der Waals surface area (Å²) in [7, 11) is 0. The molecule has 1 aromatic carbocycles. The topological polar surface area (TPSA) is 52.3 Å². The van der Waals surface area contributed by atoms with Crippen LogP contribution in [0.15, 0.2) is 12.1 Å². The molecule has 2 N–H and O–H groups in total. The van der Waals surface area contributed by atoms with E-state index in [9.17, 15) is 13.6 Å². The molecule has 2 unspecified atom stereocenters. The lowest BCUT2D eigenvalue weighted by molar-refractivity contribution is 0.00390. The first-order valence-corrected chi connectivity index (χ1v) is 6.45. The van der Waals surface area contributed by atoms with E-state index in [1.165, 1.54) is 0 Å². The van der Waals surface area contributed by atoms with Gasteiger partial charge in [-0.1, -0.05) is 13.3 Å². The summed E-state index contributed by atoms with van der Waals surface area (Å²) in [6, 6.07) is 2.06. The predicted molar refractivity (Wildman–Crippen MR) is 67.6 cm³/mol. The molecule has 0 spiro atoms. The maximum atomic E-state index is 13.7. The molecular formula is C14H17F2NO2. The molecule has 0 radical (unpaired) electrons. The van der Waals surface area contributed by atoms with E-state index in [0.29, 0.717) is 0 Å². The van der Waals surface area contributed by atoms with Crippen molar-refractivity contribution >= 4 is 11.7 Å². The minimum atomic E-state index is -1.05. The van der Waals surface area contributed by atoms with Gasteiger partial charge in [-0.15, -0.1) is 0 Å². The Labute approximate surface area is 110 Å². The summed E-state index contributed by atoms with van der Waals surface area (Å²) in [6.45, 7) is 1.98. The average Bonchev–Trinajstić information content (AvgIpc) is 2.37. The molecule has 19 heavy (non-hydrogen) atoms. The highest BCUT2D eigenvalue weighted by atomic mass is 19.1. The van der Waals surface area contributed by atoms with Gasteiger partial charge in [0.1, 0.15) is 17.5 Å². The second-order valence-electron chi connectivity index (χ2n) is 5.03. The van der Waals surface area contributed by atoms with E-state index in [2.05, 4.69) is 0 Å². The van der Waals surface area contributed by atoms with Gasteiger partial charge in [-0.25, -0.2) is 13.6 Å². The molecule has 1 aromatic rings. The summed E-state index contributed by atoms with van der Waals surface area (Å²) < 4.78 is 32.5. The summed E-state index contributed by atoms with van der Waals surface area (Å²) in [5.41, 5.74) is 4.38. The van der Waals surface area contributed by atoms with Gasteiger partial charge in [-0.05, 0) is 37.3 Å².